The zero-order valence-electron chi connectivity index (χ0n) is 18.4. The van der Waals surface area contributed by atoms with Crippen LogP contribution < -0.4 is 10.2 Å². The van der Waals surface area contributed by atoms with E-state index < -0.39 is 5.97 Å². The van der Waals surface area contributed by atoms with Crippen molar-refractivity contribution in [1.82, 2.24) is 10.3 Å². The number of carbonyl (C=O) groups is 1. The molecule has 1 aliphatic heterocycles. The first kappa shape index (κ1) is 23.5. The fourth-order valence-corrected chi connectivity index (χ4v) is 5.01. The third kappa shape index (κ3) is 4.45. The van der Waals surface area contributed by atoms with Crippen LogP contribution in [0.2, 0.25) is 5.02 Å². The Morgan fingerprint density at radius 2 is 2.00 bits per heavy atom. The Morgan fingerprint density at radius 1 is 1.17 bits per heavy atom. The second-order valence-corrected chi connectivity index (χ2v) is 9.78. The van der Waals surface area contributed by atoms with Crippen molar-refractivity contribution >= 4 is 56.5 Å². The first-order valence-corrected chi connectivity index (χ1v) is 12.3. The Kier molecular flexibility index (Phi) is 6.35. The summed E-state index contributed by atoms with van der Waals surface area (Å²) in [5, 5.41) is 13.8. The lowest BCUT2D eigenvalue weighted by Crippen LogP contribution is -2.29. The number of aromatic nitrogens is 1. The zero-order valence-corrected chi connectivity index (χ0v) is 21.6. The highest BCUT2D eigenvalue weighted by molar-refractivity contribution is 9.10. The molecule has 3 heterocycles. The van der Waals surface area contributed by atoms with E-state index in [-0.39, 0.29) is 17.6 Å². The van der Waals surface area contributed by atoms with E-state index >= 15 is 0 Å². The van der Waals surface area contributed by atoms with Crippen molar-refractivity contribution < 1.29 is 14.3 Å². The van der Waals surface area contributed by atoms with Crippen molar-refractivity contribution in [2.24, 2.45) is 0 Å². The SMILES string of the molecule is Cc1cc(N2C(=S)N[C@@H](c3ccccn3)[C@H]2c2ccc(-c3cc(C(=O)O)ccc3Cl)o2)ccc1Br. The number of carboxylic acid groups (broad SMARTS) is 1. The van der Waals surface area contributed by atoms with Crippen molar-refractivity contribution in [1.29, 1.82) is 0 Å². The van der Waals surface area contributed by atoms with Gasteiger partial charge in [0.2, 0.25) is 0 Å². The summed E-state index contributed by atoms with van der Waals surface area (Å²) in [7, 11) is 0. The van der Waals surface area contributed by atoms with Crippen LogP contribution in [0.3, 0.4) is 0 Å². The molecule has 6 nitrogen and oxygen atoms in total. The van der Waals surface area contributed by atoms with Crippen molar-refractivity contribution in [3.8, 4) is 11.3 Å². The topological polar surface area (TPSA) is 78.6 Å². The Bertz CT molecular complexity index is 1440. The zero-order chi connectivity index (χ0) is 24.7. The number of aromatic carboxylic acids is 1. The molecule has 2 atom stereocenters. The number of nitrogens with zero attached hydrogens (tertiary/aromatic N) is 2. The van der Waals surface area contributed by atoms with Gasteiger partial charge in [-0.3, -0.25) is 4.98 Å². The summed E-state index contributed by atoms with van der Waals surface area (Å²) in [6.45, 7) is 2.02. The lowest BCUT2D eigenvalue weighted by Gasteiger charge is -2.26. The highest BCUT2D eigenvalue weighted by Crippen LogP contribution is 2.44. The van der Waals surface area contributed by atoms with Gasteiger partial charge < -0.3 is 19.7 Å². The molecule has 2 aromatic carbocycles. The number of hydrogen-bond donors (Lipinski definition) is 2. The monoisotopic (exact) mass is 567 g/mol. The van der Waals surface area contributed by atoms with Crippen LogP contribution in [-0.4, -0.2) is 21.2 Å². The number of furan rings is 1. The molecule has 35 heavy (non-hydrogen) atoms. The number of halogens is 2. The molecule has 0 radical (unpaired) electrons. The smallest absolute Gasteiger partial charge is 0.335 e. The molecular weight excluding hydrogens is 550 g/mol. The van der Waals surface area contributed by atoms with E-state index in [1.165, 1.54) is 12.1 Å². The summed E-state index contributed by atoms with van der Waals surface area (Å²) in [6, 6.07) is 19.4. The molecule has 0 spiro atoms. The maximum atomic E-state index is 11.5. The maximum absolute atomic E-state index is 11.5. The van der Waals surface area contributed by atoms with Gasteiger partial charge in [0.15, 0.2) is 5.11 Å². The first-order valence-electron chi connectivity index (χ1n) is 10.7. The predicted octanol–water partition coefficient (Wildman–Crippen LogP) is 6.94. The Hall–Kier alpha value is -3.20. The van der Waals surface area contributed by atoms with E-state index in [9.17, 15) is 9.90 Å². The van der Waals surface area contributed by atoms with E-state index in [4.69, 9.17) is 28.2 Å². The minimum Gasteiger partial charge on any atom is -0.478 e. The Balaban J connectivity index is 1.62. The minimum atomic E-state index is -1.04. The van der Waals surface area contributed by atoms with Crippen LogP contribution in [0, 0.1) is 6.92 Å². The molecule has 1 saturated heterocycles. The third-order valence-corrected chi connectivity index (χ3v) is 7.45. The second kappa shape index (κ2) is 9.45. The summed E-state index contributed by atoms with van der Waals surface area (Å²) in [4.78, 5) is 18.1. The lowest BCUT2D eigenvalue weighted by molar-refractivity contribution is 0.0697. The standard InChI is InChI=1S/C26H19BrClN3O3S/c1-14-12-16(6-7-18(14)27)31-24(23(30-26(31)35)20-4-2-3-11-29-20)22-10-9-21(34-22)17-13-15(25(32)33)5-8-19(17)28/h2-13,23-24H,1H3,(H,30,35)(H,32,33)/t23-,24+/m0/s1. The summed E-state index contributed by atoms with van der Waals surface area (Å²) < 4.78 is 7.32. The third-order valence-electron chi connectivity index (χ3n) is 5.91. The first-order chi connectivity index (χ1) is 16.8. The molecule has 0 aliphatic carbocycles. The average molecular weight is 569 g/mol. The van der Waals surface area contributed by atoms with Gasteiger partial charge in [0.1, 0.15) is 17.6 Å². The molecule has 0 saturated carbocycles. The number of aryl methyl sites for hydroxylation is 1. The van der Waals surface area contributed by atoms with Gasteiger partial charge in [0.25, 0.3) is 0 Å². The quantitative estimate of drug-likeness (QED) is 0.252. The van der Waals surface area contributed by atoms with Gasteiger partial charge in [-0.25, -0.2) is 4.79 Å². The number of benzene rings is 2. The van der Waals surface area contributed by atoms with Crippen LogP contribution in [0.15, 0.2) is 81.8 Å². The normalized spacial score (nSPS) is 17.5. The number of hydrogen-bond acceptors (Lipinski definition) is 4. The lowest BCUT2D eigenvalue weighted by atomic mass is 10.0. The minimum absolute atomic E-state index is 0.129. The summed E-state index contributed by atoms with van der Waals surface area (Å²) >= 11 is 15.7. The number of anilines is 1. The average Bonchev–Trinajstić information content (AvgIpc) is 3.46. The van der Waals surface area contributed by atoms with E-state index in [0.717, 1.165) is 21.4 Å². The molecular formula is C26H19BrClN3O3S. The van der Waals surface area contributed by atoms with Crippen LogP contribution in [0.25, 0.3) is 11.3 Å². The van der Waals surface area contributed by atoms with Crippen LogP contribution in [0.1, 0.15) is 39.5 Å². The molecule has 1 aliphatic rings. The maximum Gasteiger partial charge on any atom is 0.335 e. The van der Waals surface area contributed by atoms with Crippen molar-refractivity contribution in [3.63, 3.8) is 0 Å². The van der Waals surface area contributed by atoms with Crippen molar-refractivity contribution in [2.75, 3.05) is 4.90 Å². The summed E-state index contributed by atoms with van der Waals surface area (Å²) in [5.74, 6) is 0.0741. The number of nitrogens with one attached hydrogen (secondary N) is 1. The van der Waals surface area contributed by atoms with Crippen LogP contribution in [0.5, 0.6) is 0 Å². The number of pyridine rings is 1. The molecule has 2 N–H and O–H groups in total. The fraction of sp³-hybridized carbons (Fsp3) is 0.115. The predicted molar refractivity (Wildman–Crippen MR) is 143 cm³/mol. The molecule has 0 bridgehead atoms. The highest BCUT2D eigenvalue weighted by atomic mass is 79.9. The van der Waals surface area contributed by atoms with Crippen LogP contribution >= 0.6 is 39.7 Å². The molecule has 2 aromatic heterocycles. The van der Waals surface area contributed by atoms with E-state index in [2.05, 4.69) is 32.3 Å². The van der Waals surface area contributed by atoms with Crippen LogP contribution in [-0.2, 0) is 0 Å². The van der Waals surface area contributed by atoms with Gasteiger partial charge in [-0.15, -0.1) is 0 Å². The molecule has 9 heteroatoms. The summed E-state index contributed by atoms with van der Waals surface area (Å²) in [6.07, 6.45) is 1.74. The Morgan fingerprint density at radius 3 is 2.71 bits per heavy atom. The number of carboxylic acids is 1. The molecule has 176 valence electrons. The fourth-order valence-electron chi connectivity index (χ4n) is 4.20. The van der Waals surface area contributed by atoms with Gasteiger partial charge in [0.05, 0.1) is 22.3 Å². The van der Waals surface area contributed by atoms with Gasteiger partial charge in [-0.2, -0.15) is 0 Å². The van der Waals surface area contributed by atoms with Gasteiger partial charge in [-0.1, -0.05) is 33.6 Å². The number of rotatable bonds is 5. The molecule has 0 amide bonds. The second-order valence-electron chi connectivity index (χ2n) is 8.13. The van der Waals surface area contributed by atoms with Crippen LogP contribution in [0.4, 0.5) is 5.69 Å². The van der Waals surface area contributed by atoms with Crippen molar-refractivity contribution in [3.05, 3.63) is 105 Å². The molecule has 1 fully saturated rings. The van der Waals surface area contributed by atoms with E-state index in [1.54, 1.807) is 18.3 Å². The van der Waals surface area contributed by atoms with Gasteiger partial charge in [-0.05, 0) is 85.4 Å². The molecule has 0 unspecified atom stereocenters. The Labute approximate surface area is 220 Å². The van der Waals surface area contributed by atoms with Gasteiger partial charge in [0, 0.05) is 21.9 Å². The number of thiocarbonyl (C=S) groups is 1. The molecule has 4 aromatic rings. The van der Waals surface area contributed by atoms with Crippen molar-refractivity contribution in [2.45, 2.75) is 19.0 Å². The molecule has 5 rings (SSSR count). The van der Waals surface area contributed by atoms with E-state index in [0.29, 0.717) is 27.2 Å². The highest BCUT2D eigenvalue weighted by Gasteiger charge is 2.42. The van der Waals surface area contributed by atoms with Gasteiger partial charge >= 0.3 is 5.97 Å². The van der Waals surface area contributed by atoms with E-state index in [1.807, 2.05) is 48.2 Å². The largest absolute Gasteiger partial charge is 0.478 e. The summed E-state index contributed by atoms with van der Waals surface area (Å²) in [5.41, 5.74) is 3.44.